The van der Waals surface area contributed by atoms with Crippen molar-refractivity contribution in [3.63, 3.8) is 0 Å². The number of hydrogen-bond donors (Lipinski definition) is 1. The molecule has 1 unspecified atom stereocenters. The lowest BCUT2D eigenvalue weighted by atomic mass is 9.98. The lowest BCUT2D eigenvalue weighted by Crippen LogP contribution is -2.60. The lowest BCUT2D eigenvalue weighted by Gasteiger charge is -2.47. The van der Waals surface area contributed by atoms with Gasteiger partial charge in [0, 0.05) is 19.6 Å². The van der Waals surface area contributed by atoms with E-state index in [1.54, 1.807) is 0 Å². The Morgan fingerprint density at radius 3 is 2.30 bits per heavy atom. The summed E-state index contributed by atoms with van der Waals surface area (Å²) in [5.41, 5.74) is -0.402. The van der Waals surface area contributed by atoms with Crippen LogP contribution in [0.1, 0.15) is 41.0 Å². The van der Waals surface area contributed by atoms with Crippen LogP contribution >= 0.6 is 0 Å². The Morgan fingerprint density at radius 1 is 1.30 bits per heavy atom. The normalized spacial score (nSPS) is 23.3. The van der Waals surface area contributed by atoms with Gasteiger partial charge in [-0.3, -0.25) is 9.69 Å². The first-order valence-electron chi connectivity index (χ1n) is 7.43. The fraction of sp³-hybridized carbons (Fsp3) is 0.933. The van der Waals surface area contributed by atoms with Crippen LogP contribution in [0.2, 0.25) is 0 Å². The summed E-state index contributed by atoms with van der Waals surface area (Å²) >= 11 is 0. The van der Waals surface area contributed by atoms with Gasteiger partial charge in [0.05, 0.1) is 18.3 Å². The maximum Gasteiger partial charge on any atom is 0.324 e. The highest BCUT2D eigenvalue weighted by Crippen LogP contribution is 2.28. The third-order valence-corrected chi connectivity index (χ3v) is 3.33. The zero-order chi connectivity index (χ0) is 15.4. The van der Waals surface area contributed by atoms with Crippen LogP contribution in [0.5, 0.6) is 0 Å². The Bertz CT molecular complexity index is 313. The van der Waals surface area contributed by atoms with Crippen molar-refractivity contribution in [1.82, 2.24) is 10.2 Å². The Hall–Kier alpha value is -0.650. The second kappa shape index (κ2) is 6.87. The smallest absolute Gasteiger partial charge is 0.324 e. The number of ether oxygens (including phenoxy) is 2. The minimum Gasteiger partial charge on any atom is -0.468 e. The molecule has 1 fully saturated rings. The molecule has 1 N–H and O–H groups in total. The van der Waals surface area contributed by atoms with Gasteiger partial charge in [0.15, 0.2) is 0 Å². The van der Waals surface area contributed by atoms with E-state index in [2.05, 4.69) is 44.8 Å². The SMILES string of the molecule is CCCNC(CN1CC(C)(C)OC(C)(C)C1)C(=O)OC. The molecule has 0 aliphatic carbocycles. The second-order valence-corrected chi connectivity index (χ2v) is 6.82. The van der Waals surface area contributed by atoms with Crippen molar-refractivity contribution in [1.29, 1.82) is 0 Å². The molecule has 0 bridgehead atoms. The van der Waals surface area contributed by atoms with E-state index in [1.807, 2.05) is 0 Å². The summed E-state index contributed by atoms with van der Waals surface area (Å²) in [6, 6.07) is -0.273. The minimum absolute atomic E-state index is 0.194. The number of methoxy groups -OCH3 is 1. The fourth-order valence-electron chi connectivity index (χ4n) is 3.02. The monoisotopic (exact) mass is 286 g/mol. The molecule has 118 valence electrons. The zero-order valence-electron chi connectivity index (χ0n) is 13.8. The van der Waals surface area contributed by atoms with Gasteiger partial charge < -0.3 is 14.8 Å². The zero-order valence-corrected chi connectivity index (χ0v) is 13.8. The first-order chi connectivity index (χ1) is 9.19. The number of rotatable bonds is 6. The van der Waals surface area contributed by atoms with Crippen LogP contribution in [-0.2, 0) is 14.3 Å². The molecule has 1 heterocycles. The Balaban J connectivity index is 2.69. The number of carbonyl (C=O) groups is 1. The van der Waals surface area contributed by atoms with Gasteiger partial charge >= 0.3 is 5.97 Å². The van der Waals surface area contributed by atoms with Crippen molar-refractivity contribution < 1.29 is 14.3 Å². The molecular weight excluding hydrogens is 256 g/mol. The average molecular weight is 286 g/mol. The minimum atomic E-state index is -0.273. The molecule has 0 aromatic carbocycles. The van der Waals surface area contributed by atoms with Gasteiger partial charge in [0.2, 0.25) is 0 Å². The van der Waals surface area contributed by atoms with E-state index in [-0.39, 0.29) is 23.2 Å². The quantitative estimate of drug-likeness (QED) is 0.748. The van der Waals surface area contributed by atoms with Gasteiger partial charge in [-0.2, -0.15) is 0 Å². The largest absolute Gasteiger partial charge is 0.468 e. The van der Waals surface area contributed by atoms with E-state index in [1.165, 1.54) is 7.11 Å². The summed E-state index contributed by atoms with van der Waals surface area (Å²) in [6.45, 7) is 13.6. The van der Waals surface area contributed by atoms with Crippen molar-refractivity contribution in [2.24, 2.45) is 0 Å². The van der Waals surface area contributed by atoms with Crippen LogP contribution in [0.15, 0.2) is 0 Å². The van der Waals surface area contributed by atoms with E-state index < -0.39 is 0 Å². The summed E-state index contributed by atoms with van der Waals surface area (Å²) in [7, 11) is 1.44. The predicted molar refractivity (Wildman–Crippen MR) is 79.8 cm³/mol. The molecule has 1 atom stereocenters. The van der Waals surface area contributed by atoms with Gasteiger partial charge in [-0.1, -0.05) is 6.92 Å². The summed E-state index contributed by atoms with van der Waals surface area (Å²) in [6.07, 6.45) is 0.994. The highest BCUT2D eigenvalue weighted by molar-refractivity contribution is 5.75. The third-order valence-electron chi connectivity index (χ3n) is 3.33. The number of nitrogens with zero attached hydrogens (tertiary/aromatic N) is 1. The summed E-state index contributed by atoms with van der Waals surface area (Å²) in [5, 5.41) is 3.27. The molecule has 0 radical (unpaired) electrons. The Kier molecular flexibility index (Phi) is 5.98. The molecule has 1 aliphatic rings. The van der Waals surface area contributed by atoms with Gasteiger partial charge in [-0.05, 0) is 40.7 Å². The molecule has 0 spiro atoms. The molecular formula is C15H30N2O3. The number of hydrogen-bond acceptors (Lipinski definition) is 5. The number of nitrogens with one attached hydrogen (secondary N) is 1. The molecule has 1 aliphatic heterocycles. The Morgan fingerprint density at radius 2 is 1.85 bits per heavy atom. The van der Waals surface area contributed by atoms with Crippen molar-refractivity contribution in [2.45, 2.75) is 58.3 Å². The second-order valence-electron chi connectivity index (χ2n) is 6.82. The van der Waals surface area contributed by atoms with E-state index >= 15 is 0 Å². The van der Waals surface area contributed by atoms with Crippen molar-refractivity contribution in [3.8, 4) is 0 Å². The van der Waals surface area contributed by atoms with Crippen LogP contribution in [0, 0.1) is 0 Å². The lowest BCUT2D eigenvalue weighted by molar-refractivity contribution is -0.182. The molecule has 0 saturated carbocycles. The van der Waals surface area contributed by atoms with Gasteiger partial charge in [-0.25, -0.2) is 0 Å². The molecule has 5 heteroatoms. The molecule has 0 aromatic heterocycles. The molecule has 5 nitrogen and oxygen atoms in total. The van der Waals surface area contributed by atoms with Crippen molar-refractivity contribution >= 4 is 5.97 Å². The highest BCUT2D eigenvalue weighted by Gasteiger charge is 2.39. The molecule has 0 aromatic rings. The fourth-order valence-corrected chi connectivity index (χ4v) is 3.02. The predicted octanol–water partition coefficient (Wildman–Crippen LogP) is 1.42. The summed E-state index contributed by atoms with van der Waals surface area (Å²) < 4.78 is 11.0. The number of esters is 1. The molecule has 20 heavy (non-hydrogen) atoms. The molecule has 1 rings (SSSR count). The van der Waals surface area contributed by atoms with Crippen LogP contribution < -0.4 is 5.32 Å². The van der Waals surface area contributed by atoms with E-state index in [4.69, 9.17) is 9.47 Å². The van der Waals surface area contributed by atoms with Crippen molar-refractivity contribution in [2.75, 3.05) is 33.3 Å². The van der Waals surface area contributed by atoms with E-state index in [0.29, 0.717) is 6.54 Å². The number of morpholine rings is 1. The van der Waals surface area contributed by atoms with E-state index in [9.17, 15) is 4.79 Å². The maximum atomic E-state index is 11.9. The van der Waals surface area contributed by atoms with Gasteiger partial charge in [0.1, 0.15) is 6.04 Å². The van der Waals surface area contributed by atoms with Crippen LogP contribution in [0.3, 0.4) is 0 Å². The summed E-state index contributed by atoms with van der Waals surface area (Å²) in [5.74, 6) is -0.194. The molecule has 1 saturated heterocycles. The van der Waals surface area contributed by atoms with Crippen LogP contribution in [-0.4, -0.2) is 61.4 Å². The first kappa shape index (κ1) is 17.4. The first-order valence-corrected chi connectivity index (χ1v) is 7.43. The standard InChI is InChI=1S/C15H30N2O3/c1-7-8-16-12(13(18)19-6)9-17-10-14(2,3)20-15(4,5)11-17/h12,16H,7-11H2,1-6H3. The average Bonchev–Trinajstić information content (AvgIpc) is 2.29. The van der Waals surface area contributed by atoms with Crippen LogP contribution in [0.4, 0.5) is 0 Å². The van der Waals surface area contributed by atoms with Crippen molar-refractivity contribution in [3.05, 3.63) is 0 Å². The topological polar surface area (TPSA) is 50.8 Å². The molecule has 0 amide bonds. The van der Waals surface area contributed by atoms with Gasteiger partial charge in [0.25, 0.3) is 0 Å². The summed E-state index contributed by atoms with van der Waals surface area (Å²) in [4.78, 5) is 14.2. The third kappa shape index (κ3) is 5.38. The Labute approximate surface area is 123 Å². The van der Waals surface area contributed by atoms with E-state index in [0.717, 1.165) is 26.1 Å². The maximum absolute atomic E-state index is 11.9. The number of carbonyl (C=O) groups excluding carboxylic acids is 1. The van der Waals surface area contributed by atoms with Crippen LogP contribution in [0.25, 0.3) is 0 Å². The van der Waals surface area contributed by atoms with Gasteiger partial charge in [-0.15, -0.1) is 0 Å². The highest BCUT2D eigenvalue weighted by atomic mass is 16.5.